The second-order valence-electron chi connectivity index (χ2n) is 6.03. The summed E-state index contributed by atoms with van der Waals surface area (Å²) < 4.78 is 5.30. The highest BCUT2D eigenvalue weighted by Crippen LogP contribution is 2.25. The summed E-state index contributed by atoms with van der Waals surface area (Å²) in [6, 6.07) is 1.62. The van der Waals surface area contributed by atoms with Gasteiger partial charge in [0, 0.05) is 25.8 Å². The van der Waals surface area contributed by atoms with Crippen LogP contribution in [0.15, 0.2) is 0 Å². The van der Waals surface area contributed by atoms with Crippen LogP contribution in [-0.4, -0.2) is 25.8 Å². The molecule has 2 aliphatic rings. The van der Waals surface area contributed by atoms with Gasteiger partial charge in [-0.1, -0.05) is 25.7 Å². The summed E-state index contributed by atoms with van der Waals surface area (Å²) in [6.45, 7) is 0.968. The fraction of sp³-hybridized carbons (Fsp3) is 1.00. The van der Waals surface area contributed by atoms with Crippen LogP contribution in [0.5, 0.6) is 0 Å². The lowest BCUT2D eigenvalue weighted by atomic mass is 9.94. The summed E-state index contributed by atoms with van der Waals surface area (Å²) >= 11 is 0. The van der Waals surface area contributed by atoms with Crippen molar-refractivity contribution in [2.75, 3.05) is 13.7 Å². The molecule has 2 aliphatic carbocycles. The molecule has 0 radical (unpaired) electrons. The van der Waals surface area contributed by atoms with Gasteiger partial charge in [-0.3, -0.25) is 0 Å². The molecule has 2 fully saturated rings. The molecule has 0 saturated heterocycles. The number of ether oxygens (including phenoxy) is 1. The van der Waals surface area contributed by atoms with Gasteiger partial charge in [-0.15, -0.1) is 0 Å². The zero-order valence-corrected chi connectivity index (χ0v) is 11.4. The van der Waals surface area contributed by atoms with Crippen LogP contribution in [0, 0.1) is 5.92 Å². The summed E-state index contributed by atoms with van der Waals surface area (Å²) in [5, 5.41) is 3.92. The molecule has 0 aromatic carbocycles. The van der Waals surface area contributed by atoms with Crippen LogP contribution in [0.1, 0.15) is 64.2 Å². The Hall–Kier alpha value is -0.0800. The van der Waals surface area contributed by atoms with Gasteiger partial charge in [-0.25, -0.2) is 0 Å². The lowest BCUT2D eigenvalue weighted by molar-refractivity contribution is 0.144. The van der Waals surface area contributed by atoms with E-state index in [1.807, 2.05) is 7.11 Å². The molecule has 1 N–H and O–H groups in total. The summed E-state index contributed by atoms with van der Waals surface area (Å²) in [6.07, 6.45) is 14.0. The fourth-order valence-electron chi connectivity index (χ4n) is 3.55. The summed E-state index contributed by atoms with van der Waals surface area (Å²) in [4.78, 5) is 0. The van der Waals surface area contributed by atoms with E-state index in [-0.39, 0.29) is 0 Å². The van der Waals surface area contributed by atoms with E-state index >= 15 is 0 Å². The standard InChI is InChI=1S/C15H29NO/c1-17-12-13-6-5-9-15(11-10-13)16-14-7-3-2-4-8-14/h13-16H,2-12H2,1H3/t13-,15-/m0/s1. The van der Waals surface area contributed by atoms with E-state index in [2.05, 4.69) is 5.32 Å². The van der Waals surface area contributed by atoms with Gasteiger partial charge in [-0.2, -0.15) is 0 Å². The molecule has 2 nitrogen and oxygen atoms in total. The first-order chi connectivity index (χ1) is 8.38. The maximum Gasteiger partial charge on any atom is 0.0490 e. The van der Waals surface area contributed by atoms with Crippen molar-refractivity contribution in [3.63, 3.8) is 0 Å². The molecule has 0 spiro atoms. The van der Waals surface area contributed by atoms with Crippen LogP contribution >= 0.6 is 0 Å². The van der Waals surface area contributed by atoms with Crippen molar-refractivity contribution >= 4 is 0 Å². The van der Waals surface area contributed by atoms with Gasteiger partial charge >= 0.3 is 0 Å². The zero-order chi connectivity index (χ0) is 11.9. The van der Waals surface area contributed by atoms with E-state index in [0.717, 1.165) is 24.6 Å². The number of nitrogens with one attached hydrogen (secondary N) is 1. The first-order valence-electron chi connectivity index (χ1n) is 7.63. The summed E-state index contributed by atoms with van der Waals surface area (Å²) in [5.41, 5.74) is 0. The Balaban J connectivity index is 1.70. The highest BCUT2D eigenvalue weighted by molar-refractivity contribution is 4.80. The van der Waals surface area contributed by atoms with Gasteiger partial charge in [0.1, 0.15) is 0 Å². The Kier molecular flexibility index (Phi) is 5.79. The van der Waals surface area contributed by atoms with Crippen molar-refractivity contribution in [2.45, 2.75) is 76.3 Å². The van der Waals surface area contributed by atoms with Crippen LogP contribution < -0.4 is 5.32 Å². The molecule has 0 aliphatic heterocycles. The first-order valence-corrected chi connectivity index (χ1v) is 7.63. The van der Waals surface area contributed by atoms with Crippen molar-refractivity contribution in [1.82, 2.24) is 5.32 Å². The molecule has 0 heterocycles. The molecule has 2 saturated carbocycles. The minimum atomic E-state index is 0.792. The average Bonchev–Trinajstić information content (AvgIpc) is 2.57. The van der Waals surface area contributed by atoms with Crippen LogP contribution in [0.3, 0.4) is 0 Å². The smallest absolute Gasteiger partial charge is 0.0490 e. The monoisotopic (exact) mass is 239 g/mol. The number of hydrogen-bond donors (Lipinski definition) is 1. The van der Waals surface area contributed by atoms with Crippen LogP contribution in [0.4, 0.5) is 0 Å². The van der Waals surface area contributed by atoms with Crippen molar-refractivity contribution in [1.29, 1.82) is 0 Å². The highest BCUT2D eigenvalue weighted by Gasteiger charge is 2.22. The average molecular weight is 239 g/mol. The molecular weight excluding hydrogens is 210 g/mol. The molecule has 0 aromatic rings. The van der Waals surface area contributed by atoms with Gasteiger partial charge in [0.05, 0.1) is 0 Å². The van der Waals surface area contributed by atoms with E-state index in [9.17, 15) is 0 Å². The third kappa shape index (κ3) is 4.59. The van der Waals surface area contributed by atoms with Gasteiger partial charge in [0.2, 0.25) is 0 Å². The van der Waals surface area contributed by atoms with Crippen molar-refractivity contribution in [3.05, 3.63) is 0 Å². The molecule has 0 unspecified atom stereocenters. The topological polar surface area (TPSA) is 21.3 Å². The molecule has 0 aromatic heterocycles. The molecule has 2 heteroatoms. The molecule has 100 valence electrons. The predicted molar refractivity (Wildman–Crippen MR) is 72.2 cm³/mol. The van der Waals surface area contributed by atoms with Crippen LogP contribution in [-0.2, 0) is 4.74 Å². The van der Waals surface area contributed by atoms with E-state index < -0.39 is 0 Å². The molecule has 0 bridgehead atoms. The molecule has 0 amide bonds. The Morgan fingerprint density at radius 3 is 2.29 bits per heavy atom. The first kappa shape index (κ1) is 13.4. The lowest BCUT2D eigenvalue weighted by Crippen LogP contribution is -2.39. The van der Waals surface area contributed by atoms with Gasteiger partial charge in [0.25, 0.3) is 0 Å². The minimum absolute atomic E-state index is 0.792. The second kappa shape index (κ2) is 7.38. The SMILES string of the molecule is COC[C@H]1CCC[C@H](NC2CCCCC2)CC1. The third-order valence-corrected chi connectivity index (χ3v) is 4.57. The second-order valence-corrected chi connectivity index (χ2v) is 6.03. The van der Waals surface area contributed by atoms with Crippen molar-refractivity contribution < 1.29 is 4.74 Å². The van der Waals surface area contributed by atoms with Crippen LogP contribution in [0.25, 0.3) is 0 Å². The van der Waals surface area contributed by atoms with E-state index in [1.165, 1.54) is 64.2 Å². The van der Waals surface area contributed by atoms with Crippen molar-refractivity contribution in [2.24, 2.45) is 5.92 Å². The largest absolute Gasteiger partial charge is 0.384 e. The maximum absolute atomic E-state index is 5.30. The quantitative estimate of drug-likeness (QED) is 0.758. The van der Waals surface area contributed by atoms with E-state index in [4.69, 9.17) is 4.74 Å². The number of methoxy groups -OCH3 is 1. The van der Waals surface area contributed by atoms with Gasteiger partial charge in [-0.05, 0) is 44.4 Å². The fourth-order valence-corrected chi connectivity index (χ4v) is 3.55. The predicted octanol–water partition coefficient (Wildman–Crippen LogP) is 3.50. The number of hydrogen-bond acceptors (Lipinski definition) is 2. The lowest BCUT2D eigenvalue weighted by Gasteiger charge is -2.28. The van der Waals surface area contributed by atoms with E-state index in [1.54, 1.807) is 0 Å². The van der Waals surface area contributed by atoms with Gasteiger partial charge < -0.3 is 10.1 Å². The normalized spacial score (nSPS) is 32.3. The molecule has 2 atom stereocenters. The van der Waals surface area contributed by atoms with Crippen LogP contribution in [0.2, 0.25) is 0 Å². The Labute approximate surface area is 107 Å². The minimum Gasteiger partial charge on any atom is -0.384 e. The summed E-state index contributed by atoms with van der Waals surface area (Å²) in [5.74, 6) is 0.818. The number of rotatable bonds is 4. The Bertz CT molecular complexity index is 201. The van der Waals surface area contributed by atoms with E-state index in [0.29, 0.717) is 0 Å². The maximum atomic E-state index is 5.30. The Morgan fingerprint density at radius 2 is 1.53 bits per heavy atom. The zero-order valence-electron chi connectivity index (χ0n) is 11.4. The van der Waals surface area contributed by atoms with Crippen molar-refractivity contribution in [3.8, 4) is 0 Å². The molecule has 2 rings (SSSR count). The molecule has 17 heavy (non-hydrogen) atoms. The highest BCUT2D eigenvalue weighted by atomic mass is 16.5. The third-order valence-electron chi connectivity index (χ3n) is 4.57. The Morgan fingerprint density at radius 1 is 0.824 bits per heavy atom. The summed E-state index contributed by atoms with van der Waals surface area (Å²) in [7, 11) is 1.84. The molecular formula is C15H29NO. The van der Waals surface area contributed by atoms with Gasteiger partial charge in [0.15, 0.2) is 0 Å².